The van der Waals surface area contributed by atoms with Crippen LogP contribution in [0.2, 0.25) is 5.02 Å². The summed E-state index contributed by atoms with van der Waals surface area (Å²) in [7, 11) is 1.78. The Hall–Kier alpha value is -4.62. The van der Waals surface area contributed by atoms with E-state index in [1.807, 2.05) is 0 Å². The molecule has 0 atom stereocenters. The fourth-order valence-electron chi connectivity index (χ4n) is 4.09. The average molecular weight is 624 g/mol. The van der Waals surface area contributed by atoms with Gasteiger partial charge < -0.3 is 20.4 Å². The van der Waals surface area contributed by atoms with E-state index in [9.17, 15) is 46.1 Å². The van der Waals surface area contributed by atoms with E-state index in [4.69, 9.17) is 11.6 Å². The van der Waals surface area contributed by atoms with Crippen LogP contribution in [0.15, 0.2) is 85.1 Å². The number of alkyl halides is 6. The third-order valence-electron chi connectivity index (χ3n) is 6.50. The third kappa shape index (κ3) is 6.27. The number of pyridine rings is 1. The van der Waals surface area contributed by atoms with Crippen molar-refractivity contribution in [3.05, 3.63) is 112 Å². The molecule has 43 heavy (non-hydrogen) atoms. The number of carbonyl (C=O) groups excluding carboxylic acids is 1. The minimum atomic E-state index is -6.05. The molecule has 4 rings (SSSR count). The van der Waals surface area contributed by atoms with Crippen LogP contribution < -0.4 is 10.2 Å². The van der Waals surface area contributed by atoms with Gasteiger partial charge in [-0.2, -0.15) is 26.3 Å². The first-order valence-corrected chi connectivity index (χ1v) is 12.5. The number of halogens is 7. The largest absolute Gasteiger partial charge is 0.478 e. The molecule has 1 aromatic heterocycles. The monoisotopic (exact) mass is 623 g/mol. The van der Waals surface area contributed by atoms with E-state index in [2.05, 4.69) is 10.3 Å². The van der Waals surface area contributed by atoms with Crippen LogP contribution in [-0.2, 0) is 5.60 Å². The summed E-state index contributed by atoms with van der Waals surface area (Å²) in [6.07, 6.45) is -10.7. The highest BCUT2D eigenvalue weighted by Crippen LogP contribution is 2.50. The molecule has 0 saturated heterocycles. The Balaban J connectivity index is 1.56. The van der Waals surface area contributed by atoms with Crippen LogP contribution in [0.1, 0.15) is 32.0 Å². The van der Waals surface area contributed by atoms with E-state index in [1.54, 1.807) is 42.3 Å². The van der Waals surface area contributed by atoms with Crippen LogP contribution in [0, 0.1) is 0 Å². The fourth-order valence-corrected chi connectivity index (χ4v) is 4.22. The molecule has 0 bridgehead atoms. The summed E-state index contributed by atoms with van der Waals surface area (Å²) in [6, 6.07) is 16.2. The Morgan fingerprint density at radius 3 is 1.93 bits per heavy atom. The van der Waals surface area contributed by atoms with Gasteiger partial charge in [-0.15, -0.1) is 0 Å². The number of aliphatic hydroxyl groups is 1. The van der Waals surface area contributed by atoms with Crippen LogP contribution in [-0.4, -0.2) is 46.3 Å². The first-order valence-electron chi connectivity index (χ1n) is 12.1. The van der Waals surface area contributed by atoms with Crippen molar-refractivity contribution in [2.45, 2.75) is 18.0 Å². The summed E-state index contributed by atoms with van der Waals surface area (Å²) >= 11 is 5.92. The van der Waals surface area contributed by atoms with Gasteiger partial charge >= 0.3 is 18.3 Å². The van der Waals surface area contributed by atoms with Crippen molar-refractivity contribution in [1.29, 1.82) is 0 Å². The van der Waals surface area contributed by atoms with Crippen LogP contribution in [0.3, 0.4) is 0 Å². The number of hydrogen-bond donors (Lipinski definition) is 3. The van der Waals surface area contributed by atoms with Crippen molar-refractivity contribution >= 4 is 46.1 Å². The highest BCUT2D eigenvalue weighted by Gasteiger charge is 2.71. The summed E-state index contributed by atoms with van der Waals surface area (Å²) in [4.78, 5) is 31.0. The maximum atomic E-state index is 13.1. The number of carboxylic acids is 1. The molecule has 7 nitrogen and oxygen atoms in total. The Morgan fingerprint density at radius 1 is 0.837 bits per heavy atom. The molecule has 3 aromatic carbocycles. The van der Waals surface area contributed by atoms with Gasteiger partial charge in [0, 0.05) is 34.6 Å². The number of anilines is 4. The lowest BCUT2D eigenvalue weighted by molar-refractivity contribution is -0.376. The van der Waals surface area contributed by atoms with E-state index < -0.39 is 40.8 Å². The Labute approximate surface area is 245 Å². The number of ketones is 1. The van der Waals surface area contributed by atoms with Crippen molar-refractivity contribution in [3.8, 4) is 0 Å². The molecule has 0 spiro atoms. The second-order valence-corrected chi connectivity index (χ2v) is 9.68. The lowest BCUT2D eigenvalue weighted by Crippen LogP contribution is -2.53. The van der Waals surface area contributed by atoms with Gasteiger partial charge in [0.05, 0.1) is 23.1 Å². The number of carbonyl (C=O) groups is 2. The van der Waals surface area contributed by atoms with Gasteiger partial charge in [-0.25, -0.2) is 4.79 Å². The topological polar surface area (TPSA) is 103 Å². The molecule has 0 aliphatic rings. The van der Waals surface area contributed by atoms with E-state index in [0.29, 0.717) is 22.8 Å². The highest BCUT2D eigenvalue weighted by molar-refractivity contribution is 6.30. The number of nitrogens with zero attached hydrogens (tertiary/aromatic N) is 2. The average Bonchev–Trinajstić information content (AvgIpc) is 2.96. The molecular formula is C29H20ClF6N3O4. The number of benzene rings is 3. The first kappa shape index (κ1) is 31.3. The maximum absolute atomic E-state index is 13.1. The van der Waals surface area contributed by atoms with Gasteiger partial charge in [0.25, 0.3) is 5.60 Å². The molecule has 0 radical (unpaired) electrons. The summed E-state index contributed by atoms with van der Waals surface area (Å²) < 4.78 is 78.9. The van der Waals surface area contributed by atoms with Crippen molar-refractivity contribution < 1.29 is 46.1 Å². The minimum Gasteiger partial charge on any atom is -0.478 e. The second kappa shape index (κ2) is 11.6. The van der Waals surface area contributed by atoms with E-state index in [-0.39, 0.29) is 22.6 Å². The van der Waals surface area contributed by atoms with E-state index in [0.717, 1.165) is 23.9 Å². The Kier molecular flexibility index (Phi) is 8.43. The maximum Gasteiger partial charge on any atom is 0.430 e. The van der Waals surface area contributed by atoms with Crippen molar-refractivity contribution in [2.24, 2.45) is 0 Å². The number of aromatic carboxylic acids is 1. The zero-order chi connectivity index (χ0) is 31.7. The van der Waals surface area contributed by atoms with Crippen LogP contribution in [0.4, 0.5) is 49.1 Å². The number of nitrogens with one attached hydrogen (secondary N) is 1. The van der Waals surface area contributed by atoms with Crippen LogP contribution >= 0.6 is 11.6 Å². The Morgan fingerprint density at radius 2 is 1.42 bits per heavy atom. The summed E-state index contributed by atoms with van der Waals surface area (Å²) in [5, 5.41) is 22.4. The second-order valence-electron chi connectivity index (χ2n) is 9.24. The smallest absolute Gasteiger partial charge is 0.430 e. The molecule has 4 aromatic rings. The van der Waals surface area contributed by atoms with Gasteiger partial charge in [-0.1, -0.05) is 23.7 Å². The fraction of sp³-hybridized carbons (Fsp3) is 0.138. The molecule has 0 fully saturated rings. The zero-order valence-electron chi connectivity index (χ0n) is 21.8. The molecule has 0 aliphatic carbocycles. The number of hydrogen-bond acceptors (Lipinski definition) is 6. The molecule has 224 valence electrons. The van der Waals surface area contributed by atoms with Gasteiger partial charge in [0.1, 0.15) is 5.69 Å². The van der Waals surface area contributed by atoms with Crippen molar-refractivity contribution in [1.82, 2.24) is 4.98 Å². The minimum absolute atomic E-state index is 0.0164. The van der Waals surface area contributed by atoms with Gasteiger partial charge in [-0.05, 0) is 66.7 Å². The summed E-state index contributed by atoms with van der Waals surface area (Å²) in [6.45, 7) is 0. The molecular weight excluding hydrogens is 604 g/mol. The van der Waals surface area contributed by atoms with Crippen LogP contribution in [0.25, 0.3) is 0 Å². The van der Waals surface area contributed by atoms with E-state index >= 15 is 0 Å². The van der Waals surface area contributed by atoms with Gasteiger partial charge in [-0.3, -0.25) is 9.78 Å². The molecule has 0 unspecified atom stereocenters. The lowest BCUT2D eigenvalue weighted by Gasteiger charge is -2.32. The first-order chi connectivity index (χ1) is 20.0. The molecule has 3 N–H and O–H groups in total. The number of carboxylic acid groups (broad SMARTS) is 1. The van der Waals surface area contributed by atoms with Gasteiger partial charge in [0.15, 0.2) is 0 Å². The molecule has 0 saturated carbocycles. The molecule has 1 heterocycles. The SMILES string of the molecule is CN(c1ccc(Cl)cc1)c1ccc(C(=O)c2ccc(Nc3ccc(C(O)(C(F)(F)F)C(F)(F)F)cc3)c(C(=O)O)c2)nc1. The Bertz CT molecular complexity index is 1630. The predicted octanol–water partition coefficient (Wildman–Crippen LogP) is 7.49. The predicted molar refractivity (Wildman–Crippen MR) is 146 cm³/mol. The normalized spacial score (nSPS) is 12.1. The number of rotatable bonds is 8. The highest BCUT2D eigenvalue weighted by atomic mass is 35.5. The van der Waals surface area contributed by atoms with Crippen molar-refractivity contribution in [2.75, 3.05) is 17.3 Å². The molecule has 14 heteroatoms. The summed E-state index contributed by atoms with van der Waals surface area (Å²) in [5.41, 5.74) is -5.74. The van der Waals surface area contributed by atoms with E-state index in [1.165, 1.54) is 24.4 Å². The quantitative estimate of drug-likeness (QED) is 0.138. The summed E-state index contributed by atoms with van der Waals surface area (Å²) in [5.74, 6) is -2.07. The third-order valence-corrected chi connectivity index (χ3v) is 6.75. The molecule has 0 aliphatic heterocycles. The van der Waals surface area contributed by atoms with Crippen LogP contribution in [0.5, 0.6) is 0 Å². The van der Waals surface area contributed by atoms with Gasteiger partial charge in [0.2, 0.25) is 5.78 Å². The molecule has 0 amide bonds. The zero-order valence-corrected chi connectivity index (χ0v) is 22.6. The number of aromatic nitrogens is 1. The lowest BCUT2D eigenvalue weighted by atomic mass is 9.92. The van der Waals surface area contributed by atoms with Crippen molar-refractivity contribution in [3.63, 3.8) is 0 Å². The standard InChI is InChI=1S/C29H20ClF6N3O4/c1-39(20-9-5-18(30)6-10-20)21-11-13-24(37-15-21)25(40)16-2-12-23(22(14-16)26(41)42)38-19-7-3-17(4-8-19)27(43,28(31,32)33)29(34,35)36/h2-15,38,43H,1H3,(H,41,42).